The largest absolute Gasteiger partial charge is 0.456 e. The molecule has 1 aliphatic heterocycles. The predicted octanol–water partition coefficient (Wildman–Crippen LogP) is 3.07. The van der Waals surface area contributed by atoms with E-state index in [0.29, 0.717) is 11.1 Å². The third-order valence-electron chi connectivity index (χ3n) is 7.29. The number of amides is 1. The highest BCUT2D eigenvalue weighted by Crippen LogP contribution is 2.59. The third-order valence-corrected chi connectivity index (χ3v) is 7.29. The highest BCUT2D eigenvalue weighted by Gasteiger charge is 2.64. The molecular weight excluding hydrogens is 535 g/mol. The van der Waals surface area contributed by atoms with Crippen molar-refractivity contribution in [3.05, 3.63) is 53.1 Å². The molecule has 1 heterocycles. The lowest BCUT2D eigenvalue weighted by molar-refractivity contribution is -0.209. The Morgan fingerprint density at radius 1 is 1.07 bits per heavy atom. The molecule has 3 unspecified atom stereocenters. The van der Waals surface area contributed by atoms with Gasteiger partial charge in [0.25, 0.3) is 0 Å². The Morgan fingerprint density at radius 2 is 1.75 bits per heavy atom. The number of carbonyl (C=O) groups is 3. The fourth-order valence-corrected chi connectivity index (χ4v) is 5.15. The molecular formula is C28H30F3NO8. The van der Waals surface area contributed by atoms with Crippen molar-refractivity contribution in [1.29, 1.82) is 0 Å². The molecule has 1 amide bonds. The maximum absolute atomic E-state index is 13.1. The summed E-state index contributed by atoms with van der Waals surface area (Å²) in [5.41, 5.74) is 1.04. The van der Waals surface area contributed by atoms with Gasteiger partial charge in [0.05, 0.1) is 12.2 Å². The molecule has 3 fully saturated rings. The topological polar surface area (TPSA) is 120 Å². The summed E-state index contributed by atoms with van der Waals surface area (Å²) >= 11 is 0. The first-order chi connectivity index (χ1) is 19.1. The summed E-state index contributed by atoms with van der Waals surface area (Å²) in [6.45, 7) is -1.81. The zero-order valence-electron chi connectivity index (χ0n) is 21.5. The summed E-state index contributed by atoms with van der Waals surface area (Å²) < 4.78 is 59.5. The molecule has 3 atom stereocenters. The summed E-state index contributed by atoms with van der Waals surface area (Å²) in [6, 6.07) is 5.92. The second-order valence-electron chi connectivity index (χ2n) is 10.4. The number of carbonyl (C=O) groups excluding carboxylic acids is 3. The molecule has 40 heavy (non-hydrogen) atoms. The van der Waals surface area contributed by atoms with E-state index in [1.54, 1.807) is 6.08 Å². The van der Waals surface area contributed by atoms with Gasteiger partial charge in [0.2, 0.25) is 5.91 Å². The van der Waals surface area contributed by atoms with Crippen molar-refractivity contribution in [2.24, 2.45) is 11.8 Å². The van der Waals surface area contributed by atoms with Gasteiger partial charge >= 0.3 is 18.1 Å². The number of aliphatic hydroxyl groups excluding tert-OH is 1. The number of hydrogen-bond acceptors (Lipinski definition) is 8. The molecule has 12 heteroatoms. The summed E-state index contributed by atoms with van der Waals surface area (Å²) in [5.74, 6) is -2.37. The molecule has 9 nitrogen and oxygen atoms in total. The Labute approximate surface area is 228 Å². The van der Waals surface area contributed by atoms with Gasteiger partial charge in [0.1, 0.15) is 18.3 Å². The fraction of sp³-hybridized carbons (Fsp3) is 0.536. The van der Waals surface area contributed by atoms with Crippen molar-refractivity contribution in [1.82, 2.24) is 5.32 Å². The van der Waals surface area contributed by atoms with E-state index < -0.39 is 48.8 Å². The lowest BCUT2D eigenvalue weighted by Gasteiger charge is -2.31. The summed E-state index contributed by atoms with van der Waals surface area (Å²) in [7, 11) is 0. The van der Waals surface area contributed by atoms with Crippen LogP contribution in [-0.2, 0) is 28.5 Å². The second kappa shape index (κ2) is 11.3. The van der Waals surface area contributed by atoms with E-state index in [2.05, 4.69) is 10.1 Å². The molecule has 1 saturated heterocycles. The van der Waals surface area contributed by atoms with Crippen molar-refractivity contribution < 1.29 is 51.6 Å². The molecule has 0 spiro atoms. The monoisotopic (exact) mass is 565 g/mol. The molecule has 4 aliphatic rings. The van der Waals surface area contributed by atoms with Crippen LogP contribution in [0.4, 0.5) is 13.2 Å². The number of fused-ring (bicyclic) bond motifs is 1. The van der Waals surface area contributed by atoms with Crippen LogP contribution in [0.25, 0.3) is 6.08 Å². The Bertz CT molecular complexity index is 1170. The van der Waals surface area contributed by atoms with E-state index in [9.17, 15) is 27.6 Å². The van der Waals surface area contributed by atoms with E-state index in [-0.39, 0.29) is 42.9 Å². The van der Waals surface area contributed by atoms with Gasteiger partial charge in [-0.1, -0.05) is 12.1 Å². The quantitative estimate of drug-likeness (QED) is 0.328. The average Bonchev–Trinajstić information content (AvgIpc) is 3.86. The van der Waals surface area contributed by atoms with Crippen molar-refractivity contribution in [3.8, 4) is 0 Å². The predicted molar refractivity (Wildman–Crippen MR) is 132 cm³/mol. The summed E-state index contributed by atoms with van der Waals surface area (Å²) in [4.78, 5) is 37.3. The zero-order chi connectivity index (χ0) is 28.5. The minimum atomic E-state index is -4.61. The van der Waals surface area contributed by atoms with E-state index in [1.165, 1.54) is 30.3 Å². The van der Waals surface area contributed by atoms with Crippen LogP contribution >= 0.6 is 0 Å². The first-order valence-electron chi connectivity index (χ1n) is 13.3. The molecule has 3 aliphatic carbocycles. The SMILES string of the molecule is O=C(C=Cc1ccc(C(=O)OC2CC(C(=O)NCCO)=CC3OC(C4CC4)(C4CC4)OC32)cc1)OCC(F)(F)F. The molecule has 1 aromatic carbocycles. The van der Waals surface area contributed by atoms with E-state index in [1.807, 2.05) is 0 Å². The number of rotatable bonds is 10. The first-order valence-corrected chi connectivity index (χ1v) is 13.3. The maximum Gasteiger partial charge on any atom is 0.422 e. The first kappa shape index (κ1) is 28.3. The molecule has 0 bridgehead atoms. The Balaban J connectivity index is 1.26. The summed E-state index contributed by atoms with van der Waals surface area (Å²) in [5, 5.41) is 11.7. The minimum Gasteiger partial charge on any atom is -0.456 e. The van der Waals surface area contributed by atoms with Crippen LogP contribution in [0.2, 0.25) is 0 Å². The third kappa shape index (κ3) is 6.56. The van der Waals surface area contributed by atoms with E-state index in [0.717, 1.165) is 31.8 Å². The number of aliphatic hydroxyl groups is 1. The zero-order valence-corrected chi connectivity index (χ0v) is 21.5. The number of ether oxygens (including phenoxy) is 4. The molecule has 1 aromatic rings. The van der Waals surface area contributed by atoms with Crippen LogP contribution in [0.15, 0.2) is 42.0 Å². The smallest absolute Gasteiger partial charge is 0.422 e. The summed E-state index contributed by atoms with van der Waals surface area (Å²) in [6.07, 6.45) is 1.40. The van der Waals surface area contributed by atoms with Gasteiger partial charge in [-0.3, -0.25) is 4.79 Å². The van der Waals surface area contributed by atoms with Crippen molar-refractivity contribution in [3.63, 3.8) is 0 Å². The van der Waals surface area contributed by atoms with Crippen molar-refractivity contribution >= 4 is 23.9 Å². The van der Waals surface area contributed by atoms with Gasteiger partial charge in [0, 0.05) is 36.5 Å². The Kier molecular flexibility index (Phi) is 8.03. The van der Waals surface area contributed by atoms with E-state index >= 15 is 0 Å². The van der Waals surface area contributed by atoms with Crippen molar-refractivity contribution in [2.45, 2.75) is 62.4 Å². The number of nitrogens with one attached hydrogen (secondary N) is 1. The molecule has 216 valence electrons. The van der Waals surface area contributed by atoms with Crippen LogP contribution < -0.4 is 5.32 Å². The lowest BCUT2D eigenvalue weighted by Crippen LogP contribution is -2.44. The molecule has 0 aromatic heterocycles. The fourth-order valence-electron chi connectivity index (χ4n) is 5.15. The molecule has 0 radical (unpaired) electrons. The van der Waals surface area contributed by atoms with Gasteiger partial charge in [-0.25, -0.2) is 9.59 Å². The molecule has 5 rings (SSSR count). The Morgan fingerprint density at radius 3 is 2.35 bits per heavy atom. The number of hydrogen-bond donors (Lipinski definition) is 2. The van der Waals surface area contributed by atoms with Crippen LogP contribution in [-0.4, -0.2) is 73.0 Å². The Hall–Kier alpha value is -3.22. The lowest BCUT2D eigenvalue weighted by atomic mass is 9.91. The van der Waals surface area contributed by atoms with Gasteiger partial charge in [-0.2, -0.15) is 13.2 Å². The average molecular weight is 566 g/mol. The second-order valence-corrected chi connectivity index (χ2v) is 10.4. The minimum absolute atomic E-state index is 0.0843. The maximum atomic E-state index is 13.1. The van der Waals surface area contributed by atoms with Gasteiger partial charge < -0.3 is 29.4 Å². The van der Waals surface area contributed by atoms with Gasteiger partial charge in [0.15, 0.2) is 12.4 Å². The van der Waals surface area contributed by atoms with Crippen LogP contribution in [0, 0.1) is 11.8 Å². The van der Waals surface area contributed by atoms with Crippen molar-refractivity contribution in [2.75, 3.05) is 19.8 Å². The van der Waals surface area contributed by atoms with Crippen LogP contribution in [0.1, 0.15) is 48.0 Å². The number of esters is 2. The van der Waals surface area contributed by atoms with Gasteiger partial charge in [-0.15, -0.1) is 0 Å². The van der Waals surface area contributed by atoms with Crippen LogP contribution in [0.5, 0.6) is 0 Å². The van der Waals surface area contributed by atoms with E-state index in [4.69, 9.17) is 19.3 Å². The highest BCUT2D eigenvalue weighted by atomic mass is 19.4. The standard InChI is InChI=1S/C28H30F3NO8/c29-27(30,31)15-37-23(34)10-3-16-1-4-17(5-2-16)26(36)38-21-13-18(25(35)32-11-12-33)14-22-24(21)40-28(39-22,19-6-7-19)20-8-9-20/h1-5,10,14,19-22,24,33H,6-9,11-13,15H2,(H,32,35). The van der Waals surface area contributed by atoms with Gasteiger partial charge in [-0.05, 0) is 55.5 Å². The molecule has 2 saturated carbocycles. The number of halogens is 3. The van der Waals surface area contributed by atoms with Crippen LogP contribution in [0.3, 0.4) is 0 Å². The normalized spacial score (nSPS) is 25.7. The number of benzene rings is 1. The molecule has 2 N–H and O–H groups in total. The highest BCUT2D eigenvalue weighted by molar-refractivity contribution is 5.94. The number of alkyl halides is 3.